The predicted molar refractivity (Wildman–Crippen MR) is 122 cm³/mol. The molecule has 0 saturated heterocycles. The van der Waals surface area contributed by atoms with E-state index in [2.05, 4.69) is 48.5 Å². The van der Waals surface area contributed by atoms with Gasteiger partial charge >= 0.3 is 0 Å². The molecular weight excluding hydrogens is 396 g/mol. The van der Waals surface area contributed by atoms with Crippen LogP contribution in [0.1, 0.15) is 48.8 Å². The maximum absolute atomic E-state index is 12.9. The highest BCUT2D eigenvalue weighted by atomic mass is 35.5. The largest absolute Gasteiger partial charge is 0.339 e. The first-order chi connectivity index (χ1) is 14.3. The van der Waals surface area contributed by atoms with Crippen LogP contribution in [0, 0.1) is 5.41 Å². The third-order valence-corrected chi connectivity index (χ3v) is 5.53. The number of aromatic nitrogens is 2. The molecule has 5 nitrogen and oxygen atoms in total. The molecule has 154 valence electrons. The summed E-state index contributed by atoms with van der Waals surface area (Å²) in [6.45, 7) is 6.32. The van der Waals surface area contributed by atoms with E-state index in [4.69, 9.17) is 16.6 Å². The van der Waals surface area contributed by atoms with E-state index in [0.29, 0.717) is 28.8 Å². The van der Waals surface area contributed by atoms with Crippen LogP contribution in [0.2, 0.25) is 5.02 Å². The molecule has 1 heterocycles. The van der Waals surface area contributed by atoms with Gasteiger partial charge in [0.15, 0.2) is 5.78 Å². The molecule has 2 aromatic carbocycles. The summed E-state index contributed by atoms with van der Waals surface area (Å²) in [5, 5.41) is 7.23. The molecule has 30 heavy (non-hydrogen) atoms. The molecule has 1 aliphatic rings. The topological polar surface area (TPSA) is 66.9 Å². The van der Waals surface area contributed by atoms with E-state index in [0.717, 1.165) is 29.9 Å². The molecule has 0 radical (unpaired) electrons. The van der Waals surface area contributed by atoms with Gasteiger partial charge in [-0.1, -0.05) is 44.5 Å². The number of rotatable bonds is 5. The average molecular weight is 421 g/mol. The zero-order chi connectivity index (χ0) is 21.3. The Morgan fingerprint density at radius 3 is 2.23 bits per heavy atom. The van der Waals surface area contributed by atoms with Crippen molar-refractivity contribution in [2.45, 2.75) is 40.0 Å². The summed E-state index contributed by atoms with van der Waals surface area (Å²) in [6.07, 6.45) is 2.18. The first kappa shape index (κ1) is 20.4. The Morgan fingerprint density at radius 2 is 1.57 bits per heavy atom. The molecule has 0 saturated carbocycles. The lowest BCUT2D eigenvalue weighted by atomic mass is 9.75. The van der Waals surface area contributed by atoms with Crippen LogP contribution in [0.5, 0.6) is 0 Å². The summed E-state index contributed by atoms with van der Waals surface area (Å²) >= 11 is 6.00. The van der Waals surface area contributed by atoms with Gasteiger partial charge in [0, 0.05) is 22.8 Å². The van der Waals surface area contributed by atoms with Gasteiger partial charge in [-0.05, 0) is 60.2 Å². The van der Waals surface area contributed by atoms with Crippen molar-refractivity contribution in [3.8, 4) is 0 Å². The minimum Gasteiger partial charge on any atom is -0.339 e. The van der Waals surface area contributed by atoms with Gasteiger partial charge in [0.1, 0.15) is 5.82 Å². The van der Waals surface area contributed by atoms with Gasteiger partial charge in [-0.25, -0.2) is 4.98 Å². The van der Waals surface area contributed by atoms with Crippen LogP contribution in [0.15, 0.2) is 48.5 Å². The highest BCUT2D eigenvalue weighted by Crippen LogP contribution is 2.38. The predicted octanol–water partition coefficient (Wildman–Crippen LogP) is 6.33. The van der Waals surface area contributed by atoms with Crippen molar-refractivity contribution in [3.05, 3.63) is 70.4 Å². The fraction of sp³-hybridized carbons (Fsp3) is 0.292. The second-order valence-electron chi connectivity index (χ2n) is 8.47. The highest BCUT2D eigenvalue weighted by molar-refractivity contribution is 6.30. The number of benzene rings is 2. The van der Waals surface area contributed by atoms with E-state index >= 15 is 0 Å². The van der Waals surface area contributed by atoms with Crippen LogP contribution >= 0.6 is 11.6 Å². The Labute approximate surface area is 181 Å². The SMILES string of the molecule is CCc1ccc(Nc2nc3c(c(Nc4ccc(Cl)cc4)n2)C(=O)CC(C)(C)C3)cc1. The molecule has 3 aromatic rings. The molecule has 0 atom stereocenters. The molecule has 1 aromatic heterocycles. The summed E-state index contributed by atoms with van der Waals surface area (Å²) in [5.41, 5.74) is 4.22. The Kier molecular flexibility index (Phi) is 5.48. The molecule has 6 heteroatoms. The van der Waals surface area contributed by atoms with Crippen molar-refractivity contribution in [2.75, 3.05) is 10.6 Å². The Bertz CT molecular complexity index is 1080. The van der Waals surface area contributed by atoms with E-state index in [1.807, 2.05) is 24.3 Å². The van der Waals surface area contributed by atoms with E-state index in [-0.39, 0.29) is 11.2 Å². The number of nitrogens with zero attached hydrogens (tertiary/aromatic N) is 2. The quantitative estimate of drug-likeness (QED) is 0.504. The number of hydrogen-bond acceptors (Lipinski definition) is 5. The molecule has 0 aliphatic heterocycles. The average Bonchev–Trinajstić information content (AvgIpc) is 2.69. The number of carbonyl (C=O) groups excluding carboxylic acids is 1. The van der Waals surface area contributed by atoms with E-state index in [1.165, 1.54) is 5.56 Å². The van der Waals surface area contributed by atoms with Crippen LogP contribution < -0.4 is 10.6 Å². The Hall–Kier alpha value is -2.92. The lowest BCUT2D eigenvalue weighted by Gasteiger charge is -2.30. The fourth-order valence-electron chi connectivity index (χ4n) is 3.74. The highest BCUT2D eigenvalue weighted by Gasteiger charge is 2.35. The van der Waals surface area contributed by atoms with Crippen LogP contribution in [0.4, 0.5) is 23.1 Å². The molecule has 0 spiro atoms. The molecule has 4 rings (SSSR count). The van der Waals surface area contributed by atoms with Gasteiger partial charge in [-0.3, -0.25) is 4.79 Å². The zero-order valence-corrected chi connectivity index (χ0v) is 18.2. The molecule has 0 bridgehead atoms. The lowest BCUT2D eigenvalue weighted by Crippen LogP contribution is -2.29. The van der Waals surface area contributed by atoms with Gasteiger partial charge in [0.2, 0.25) is 5.95 Å². The Morgan fingerprint density at radius 1 is 0.933 bits per heavy atom. The van der Waals surface area contributed by atoms with Crippen LogP contribution in [0.3, 0.4) is 0 Å². The first-order valence-corrected chi connectivity index (χ1v) is 10.5. The van der Waals surface area contributed by atoms with E-state index in [9.17, 15) is 4.79 Å². The molecule has 2 N–H and O–H groups in total. The van der Waals surface area contributed by atoms with Crippen molar-refractivity contribution in [1.29, 1.82) is 0 Å². The smallest absolute Gasteiger partial charge is 0.229 e. The van der Waals surface area contributed by atoms with Crippen molar-refractivity contribution >= 4 is 40.5 Å². The summed E-state index contributed by atoms with van der Waals surface area (Å²) < 4.78 is 0. The number of hydrogen-bond donors (Lipinski definition) is 2. The third kappa shape index (κ3) is 4.46. The standard InChI is InChI=1S/C24H25ClN4O/c1-4-15-5-9-18(10-6-15)27-23-28-19-13-24(2,3)14-20(30)21(19)22(29-23)26-17-11-7-16(25)8-12-17/h5-12H,4,13-14H2,1-3H3,(H2,26,27,28,29). The second kappa shape index (κ2) is 8.07. The van der Waals surface area contributed by atoms with E-state index in [1.54, 1.807) is 12.1 Å². The molecule has 0 unspecified atom stereocenters. The van der Waals surface area contributed by atoms with Crippen molar-refractivity contribution < 1.29 is 4.79 Å². The first-order valence-electron chi connectivity index (χ1n) is 10.2. The Balaban J connectivity index is 1.73. The zero-order valence-electron chi connectivity index (χ0n) is 17.4. The summed E-state index contributed by atoms with van der Waals surface area (Å²) in [6, 6.07) is 15.5. The fourth-order valence-corrected chi connectivity index (χ4v) is 3.86. The maximum atomic E-state index is 12.9. The van der Waals surface area contributed by atoms with Gasteiger partial charge < -0.3 is 10.6 Å². The summed E-state index contributed by atoms with van der Waals surface area (Å²) in [7, 11) is 0. The molecule has 0 fully saturated rings. The van der Waals surface area contributed by atoms with Crippen molar-refractivity contribution in [3.63, 3.8) is 0 Å². The van der Waals surface area contributed by atoms with Gasteiger partial charge in [-0.2, -0.15) is 4.98 Å². The minimum absolute atomic E-state index is 0.0663. The molecular formula is C24H25ClN4O. The third-order valence-electron chi connectivity index (χ3n) is 5.27. The van der Waals surface area contributed by atoms with Crippen LogP contribution in [-0.4, -0.2) is 15.8 Å². The normalized spacial score (nSPS) is 14.9. The number of halogens is 1. The van der Waals surface area contributed by atoms with Crippen molar-refractivity contribution in [1.82, 2.24) is 9.97 Å². The van der Waals surface area contributed by atoms with Gasteiger partial charge in [0.05, 0.1) is 11.3 Å². The van der Waals surface area contributed by atoms with Crippen LogP contribution in [-0.2, 0) is 12.8 Å². The minimum atomic E-state index is -0.129. The van der Waals surface area contributed by atoms with E-state index < -0.39 is 0 Å². The number of carbonyl (C=O) groups is 1. The molecule has 1 aliphatic carbocycles. The maximum Gasteiger partial charge on any atom is 0.229 e. The number of anilines is 4. The van der Waals surface area contributed by atoms with Crippen LogP contribution in [0.25, 0.3) is 0 Å². The number of ketones is 1. The summed E-state index contributed by atoms with van der Waals surface area (Å²) in [5.74, 6) is 1.06. The van der Waals surface area contributed by atoms with Gasteiger partial charge in [0.25, 0.3) is 0 Å². The summed E-state index contributed by atoms with van der Waals surface area (Å²) in [4.78, 5) is 22.3. The number of nitrogens with one attached hydrogen (secondary N) is 2. The lowest BCUT2D eigenvalue weighted by molar-refractivity contribution is 0.0911. The monoisotopic (exact) mass is 420 g/mol. The second-order valence-corrected chi connectivity index (χ2v) is 8.90. The number of Topliss-reactive ketones (excluding diaryl/α,β-unsaturated/α-hetero) is 1. The number of fused-ring (bicyclic) bond motifs is 1. The number of aryl methyl sites for hydroxylation is 1. The van der Waals surface area contributed by atoms with Crippen molar-refractivity contribution in [2.24, 2.45) is 5.41 Å². The molecule has 0 amide bonds. The van der Waals surface area contributed by atoms with Gasteiger partial charge in [-0.15, -0.1) is 0 Å².